The first-order chi connectivity index (χ1) is 16.4. The molecule has 34 heavy (non-hydrogen) atoms. The molecule has 0 radical (unpaired) electrons. The zero-order valence-electron chi connectivity index (χ0n) is 19.5. The zero-order valence-corrected chi connectivity index (χ0v) is 19.5. The van der Waals surface area contributed by atoms with E-state index < -0.39 is 0 Å². The van der Waals surface area contributed by atoms with Crippen molar-refractivity contribution in [2.24, 2.45) is 0 Å². The Kier molecular flexibility index (Phi) is 5.91. The lowest BCUT2D eigenvalue weighted by atomic mass is 9.97. The molecule has 0 unspecified atom stereocenters. The van der Waals surface area contributed by atoms with Gasteiger partial charge in [-0.25, -0.2) is 4.98 Å². The number of aliphatic hydroxyl groups excluding tert-OH is 1. The van der Waals surface area contributed by atoms with Crippen LogP contribution in [0, 0.1) is 0 Å². The van der Waals surface area contributed by atoms with Crippen LogP contribution in [0.15, 0.2) is 54.9 Å². The molecule has 2 aliphatic heterocycles. The number of aromatic nitrogens is 3. The number of amides is 2. The van der Waals surface area contributed by atoms with Gasteiger partial charge in [0.25, 0.3) is 11.8 Å². The molecule has 2 amide bonds. The maximum atomic E-state index is 13.4. The van der Waals surface area contributed by atoms with Gasteiger partial charge < -0.3 is 14.9 Å². The summed E-state index contributed by atoms with van der Waals surface area (Å²) in [6.07, 6.45) is 2.56. The second-order valence-corrected chi connectivity index (χ2v) is 9.31. The number of anilines is 1. The van der Waals surface area contributed by atoms with Crippen molar-refractivity contribution in [2.75, 3.05) is 24.5 Å². The largest absolute Gasteiger partial charge is 0.393 e. The second-order valence-electron chi connectivity index (χ2n) is 9.31. The maximum Gasteiger partial charge on any atom is 0.258 e. The van der Waals surface area contributed by atoms with E-state index in [1.165, 1.54) is 0 Å². The van der Waals surface area contributed by atoms with Crippen molar-refractivity contribution in [1.82, 2.24) is 19.7 Å². The van der Waals surface area contributed by atoms with Crippen LogP contribution in [-0.4, -0.2) is 62.3 Å². The Labute approximate surface area is 198 Å². The third-order valence-electron chi connectivity index (χ3n) is 6.69. The lowest BCUT2D eigenvalue weighted by molar-refractivity contribution is 0.0546. The van der Waals surface area contributed by atoms with Crippen LogP contribution in [0.3, 0.4) is 0 Å². The van der Waals surface area contributed by atoms with Crippen molar-refractivity contribution >= 4 is 17.5 Å². The van der Waals surface area contributed by atoms with Crippen LogP contribution in [-0.2, 0) is 0 Å². The monoisotopic (exact) mass is 459 g/mol. The molecule has 5 rings (SSSR count). The van der Waals surface area contributed by atoms with E-state index in [1.54, 1.807) is 22.2 Å². The molecule has 176 valence electrons. The van der Waals surface area contributed by atoms with Crippen LogP contribution in [0.5, 0.6) is 0 Å². The summed E-state index contributed by atoms with van der Waals surface area (Å²) in [4.78, 5) is 34.7. The third kappa shape index (κ3) is 4.09. The number of aliphatic hydroxyl groups is 1. The van der Waals surface area contributed by atoms with E-state index in [0.717, 1.165) is 11.3 Å². The molecule has 2 aliphatic rings. The second kappa shape index (κ2) is 9.02. The molecule has 1 atom stereocenters. The standard InChI is InChI=1S/C26H29N5O3/c1-17(2)31-16-27-24(28-31)22-15-30(26(34)18-6-4-3-5-7-18)23-9-8-19(14-21(22)23)25(33)29-12-10-20(32)11-13-29/h3-9,14,16-17,20,22,32H,10-13,15H2,1-2H3/t22-/m0/s1. The molecular weight excluding hydrogens is 430 g/mol. The van der Waals surface area contributed by atoms with Gasteiger partial charge in [0.15, 0.2) is 5.82 Å². The number of carbonyl (C=O) groups is 2. The molecular formula is C26H29N5O3. The molecule has 1 saturated heterocycles. The van der Waals surface area contributed by atoms with Gasteiger partial charge in [-0.3, -0.25) is 14.3 Å². The van der Waals surface area contributed by atoms with Crippen LogP contribution in [0.25, 0.3) is 0 Å². The summed E-state index contributed by atoms with van der Waals surface area (Å²) >= 11 is 0. The van der Waals surface area contributed by atoms with Crippen molar-refractivity contribution in [3.8, 4) is 0 Å². The van der Waals surface area contributed by atoms with Crippen LogP contribution >= 0.6 is 0 Å². The minimum atomic E-state index is -0.340. The Morgan fingerprint density at radius 1 is 1.00 bits per heavy atom. The summed E-state index contributed by atoms with van der Waals surface area (Å²) in [5.74, 6) is 0.279. The Balaban J connectivity index is 1.51. The maximum absolute atomic E-state index is 13.4. The van der Waals surface area contributed by atoms with Gasteiger partial charge in [0.05, 0.1) is 12.0 Å². The van der Waals surface area contributed by atoms with E-state index in [1.807, 2.05) is 61.0 Å². The highest BCUT2D eigenvalue weighted by atomic mass is 16.3. The summed E-state index contributed by atoms with van der Waals surface area (Å²) in [5.41, 5.74) is 2.86. The lowest BCUT2D eigenvalue weighted by Crippen LogP contribution is -2.40. The molecule has 1 fully saturated rings. The molecule has 1 N–H and O–H groups in total. The molecule has 0 aliphatic carbocycles. The van der Waals surface area contributed by atoms with Crippen molar-refractivity contribution in [3.05, 3.63) is 77.4 Å². The molecule has 1 aromatic heterocycles. The lowest BCUT2D eigenvalue weighted by Gasteiger charge is -2.29. The number of piperidine rings is 1. The van der Waals surface area contributed by atoms with Crippen LogP contribution in [0.4, 0.5) is 5.69 Å². The number of hydrogen-bond acceptors (Lipinski definition) is 5. The van der Waals surface area contributed by atoms with Crippen molar-refractivity contribution in [1.29, 1.82) is 0 Å². The summed E-state index contributed by atoms with van der Waals surface area (Å²) in [6.45, 7) is 5.58. The summed E-state index contributed by atoms with van der Waals surface area (Å²) < 4.78 is 1.81. The number of hydrogen-bond donors (Lipinski definition) is 1. The Bertz CT molecular complexity index is 1200. The molecule has 8 nitrogen and oxygen atoms in total. The fourth-order valence-electron chi connectivity index (χ4n) is 4.69. The van der Waals surface area contributed by atoms with E-state index in [2.05, 4.69) is 10.1 Å². The van der Waals surface area contributed by atoms with Gasteiger partial charge in [-0.05, 0) is 62.6 Å². The minimum Gasteiger partial charge on any atom is -0.393 e. The van der Waals surface area contributed by atoms with Gasteiger partial charge in [0.2, 0.25) is 0 Å². The van der Waals surface area contributed by atoms with Gasteiger partial charge in [0.1, 0.15) is 6.33 Å². The average Bonchev–Trinajstić information content (AvgIpc) is 3.49. The normalized spacial score (nSPS) is 18.4. The molecule has 0 spiro atoms. The molecule has 0 bridgehead atoms. The number of nitrogens with zero attached hydrogens (tertiary/aromatic N) is 5. The Morgan fingerprint density at radius 2 is 1.74 bits per heavy atom. The van der Waals surface area contributed by atoms with Crippen molar-refractivity contribution in [2.45, 2.75) is 44.8 Å². The number of likely N-dealkylation sites (tertiary alicyclic amines) is 1. The first kappa shape index (κ1) is 22.3. The summed E-state index contributed by atoms with van der Waals surface area (Å²) in [6, 6.07) is 14.9. The van der Waals surface area contributed by atoms with E-state index in [0.29, 0.717) is 49.4 Å². The molecule has 2 aromatic carbocycles. The predicted molar refractivity (Wildman–Crippen MR) is 128 cm³/mol. The quantitative estimate of drug-likeness (QED) is 0.647. The Hall–Kier alpha value is -3.52. The fourth-order valence-corrected chi connectivity index (χ4v) is 4.69. The Morgan fingerprint density at radius 3 is 2.41 bits per heavy atom. The van der Waals surface area contributed by atoms with Crippen LogP contribution < -0.4 is 4.90 Å². The average molecular weight is 460 g/mol. The van der Waals surface area contributed by atoms with Gasteiger partial charge in [-0.15, -0.1) is 0 Å². The van der Waals surface area contributed by atoms with E-state index in [-0.39, 0.29) is 29.9 Å². The van der Waals surface area contributed by atoms with Gasteiger partial charge in [0, 0.05) is 42.5 Å². The highest BCUT2D eigenvalue weighted by molar-refractivity contribution is 6.08. The molecule has 3 heterocycles. The first-order valence-electron chi connectivity index (χ1n) is 11.8. The highest BCUT2D eigenvalue weighted by Gasteiger charge is 2.37. The van der Waals surface area contributed by atoms with Gasteiger partial charge in [-0.2, -0.15) is 5.10 Å². The van der Waals surface area contributed by atoms with E-state index >= 15 is 0 Å². The van der Waals surface area contributed by atoms with E-state index in [9.17, 15) is 14.7 Å². The number of fused-ring (bicyclic) bond motifs is 1. The SMILES string of the molecule is CC(C)n1cnc([C@H]2CN(C(=O)c3ccccc3)c3ccc(C(=O)N4CCC(O)CC4)cc32)n1. The molecule has 3 aromatic rings. The van der Waals surface area contributed by atoms with Gasteiger partial charge in [-0.1, -0.05) is 18.2 Å². The third-order valence-corrected chi connectivity index (χ3v) is 6.69. The van der Waals surface area contributed by atoms with Crippen LogP contribution in [0.2, 0.25) is 0 Å². The fraction of sp³-hybridized carbons (Fsp3) is 0.385. The predicted octanol–water partition coefficient (Wildman–Crippen LogP) is 3.25. The summed E-state index contributed by atoms with van der Waals surface area (Å²) in [7, 11) is 0. The number of rotatable bonds is 4. The minimum absolute atomic E-state index is 0.0537. The van der Waals surface area contributed by atoms with Crippen LogP contribution in [0.1, 0.15) is 70.8 Å². The molecule has 0 saturated carbocycles. The van der Waals surface area contributed by atoms with Crippen molar-refractivity contribution < 1.29 is 14.7 Å². The molecule has 8 heteroatoms. The highest BCUT2D eigenvalue weighted by Crippen LogP contribution is 2.40. The zero-order chi connectivity index (χ0) is 23.8. The van der Waals surface area contributed by atoms with Crippen molar-refractivity contribution in [3.63, 3.8) is 0 Å². The van der Waals surface area contributed by atoms with E-state index in [4.69, 9.17) is 0 Å². The number of carbonyl (C=O) groups excluding carboxylic acids is 2. The van der Waals surface area contributed by atoms with Gasteiger partial charge >= 0.3 is 0 Å². The number of benzene rings is 2. The first-order valence-corrected chi connectivity index (χ1v) is 11.8. The topological polar surface area (TPSA) is 91.6 Å². The smallest absolute Gasteiger partial charge is 0.258 e. The summed E-state index contributed by atoms with van der Waals surface area (Å²) in [5, 5.41) is 14.5.